The summed E-state index contributed by atoms with van der Waals surface area (Å²) in [5.41, 5.74) is 0.661. The summed E-state index contributed by atoms with van der Waals surface area (Å²) in [6, 6.07) is 11.3. The quantitative estimate of drug-likeness (QED) is 0.638. The van der Waals surface area contributed by atoms with E-state index in [0.717, 1.165) is 5.56 Å². The summed E-state index contributed by atoms with van der Waals surface area (Å²) >= 11 is 0. The number of nitrogens with zero attached hydrogens (tertiary/aromatic N) is 1. The average molecular weight is 344 g/mol. The lowest BCUT2D eigenvalue weighted by Crippen LogP contribution is -2.36. The van der Waals surface area contributed by atoms with Crippen LogP contribution in [0.25, 0.3) is 0 Å². The zero-order valence-corrected chi connectivity index (χ0v) is 13.4. The van der Waals surface area contributed by atoms with E-state index in [4.69, 9.17) is 14.2 Å². The van der Waals surface area contributed by atoms with Gasteiger partial charge in [0.05, 0.1) is 4.92 Å². The van der Waals surface area contributed by atoms with Crippen LogP contribution in [0.3, 0.4) is 0 Å². The Morgan fingerprint density at radius 1 is 1.28 bits per heavy atom. The fourth-order valence-corrected chi connectivity index (χ4v) is 2.34. The molecule has 0 saturated heterocycles. The van der Waals surface area contributed by atoms with Crippen molar-refractivity contribution in [3.8, 4) is 17.2 Å². The number of hydrogen-bond acceptors (Lipinski definition) is 6. The van der Waals surface area contributed by atoms with Crippen LogP contribution in [0.5, 0.6) is 17.2 Å². The van der Waals surface area contributed by atoms with Gasteiger partial charge in [0.15, 0.2) is 23.4 Å². The van der Waals surface area contributed by atoms with E-state index >= 15 is 0 Å². The molecule has 1 amide bonds. The van der Waals surface area contributed by atoms with Crippen LogP contribution in [-0.4, -0.2) is 23.7 Å². The number of carbonyl (C=O) groups excluding carboxylic acids is 1. The zero-order valence-electron chi connectivity index (χ0n) is 13.4. The first kappa shape index (κ1) is 16.6. The van der Waals surface area contributed by atoms with Gasteiger partial charge in [-0.15, -0.1) is 0 Å². The smallest absolute Gasteiger partial charge is 0.310 e. The number of nitro benzene ring substituents is 1. The van der Waals surface area contributed by atoms with E-state index in [2.05, 4.69) is 5.32 Å². The van der Waals surface area contributed by atoms with Crippen LogP contribution in [0, 0.1) is 10.1 Å². The normalized spacial score (nSPS) is 13.2. The predicted molar refractivity (Wildman–Crippen MR) is 87.6 cm³/mol. The lowest BCUT2D eigenvalue weighted by molar-refractivity contribution is -0.386. The van der Waals surface area contributed by atoms with Gasteiger partial charge in [0, 0.05) is 12.6 Å². The molecule has 1 N–H and O–H groups in total. The van der Waals surface area contributed by atoms with Gasteiger partial charge in [0.2, 0.25) is 6.79 Å². The van der Waals surface area contributed by atoms with Crippen LogP contribution >= 0.6 is 0 Å². The molecule has 8 nitrogen and oxygen atoms in total. The highest BCUT2D eigenvalue weighted by Crippen LogP contribution is 2.32. The molecule has 0 unspecified atom stereocenters. The van der Waals surface area contributed by atoms with Crippen LogP contribution in [0.15, 0.2) is 42.5 Å². The van der Waals surface area contributed by atoms with Crippen molar-refractivity contribution in [2.24, 2.45) is 0 Å². The minimum absolute atomic E-state index is 0.0539. The highest BCUT2D eigenvalue weighted by molar-refractivity contribution is 5.80. The number of ether oxygens (including phenoxy) is 3. The molecular weight excluding hydrogens is 328 g/mol. The Bertz CT molecular complexity index is 807. The van der Waals surface area contributed by atoms with Gasteiger partial charge in [0.1, 0.15) is 0 Å². The largest absolute Gasteiger partial charge is 0.474 e. The molecule has 1 atom stereocenters. The van der Waals surface area contributed by atoms with Gasteiger partial charge in [-0.2, -0.15) is 0 Å². The number of benzene rings is 2. The van der Waals surface area contributed by atoms with E-state index < -0.39 is 11.0 Å². The maximum atomic E-state index is 12.2. The molecule has 2 aromatic rings. The molecular formula is C17H16N2O6. The van der Waals surface area contributed by atoms with Crippen molar-refractivity contribution in [1.82, 2.24) is 5.32 Å². The Labute approximate surface area is 143 Å². The maximum Gasteiger partial charge on any atom is 0.310 e. The van der Waals surface area contributed by atoms with Crippen LogP contribution < -0.4 is 19.5 Å². The second-order valence-corrected chi connectivity index (χ2v) is 5.39. The standard InChI is InChI=1S/C17H16N2O6/c1-11(25-14-5-3-2-4-13(14)19(21)22)17(20)18-9-12-6-7-15-16(8-12)24-10-23-15/h2-8,11H,9-10H2,1H3,(H,18,20)/t11-/m1/s1. The van der Waals surface area contributed by atoms with Gasteiger partial charge < -0.3 is 19.5 Å². The van der Waals surface area contributed by atoms with Gasteiger partial charge in [-0.05, 0) is 30.7 Å². The summed E-state index contributed by atoms with van der Waals surface area (Å²) in [6.45, 7) is 2.00. The second-order valence-electron chi connectivity index (χ2n) is 5.39. The Morgan fingerprint density at radius 3 is 2.84 bits per heavy atom. The van der Waals surface area contributed by atoms with E-state index in [1.54, 1.807) is 18.2 Å². The molecule has 1 aliphatic rings. The van der Waals surface area contributed by atoms with E-state index in [0.29, 0.717) is 11.5 Å². The van der Waals surface area contributed by atoms with Crippen molar-refractivity contribution in [3.63, 3.8) is 0 Å². The van der Waals surface area contributed by atoms with Crippen molar-refractivity contribution in [3.05, 3.63) is 58.1 Å². The summed E-state index contributed by atoms with van der Waals surface area (Å²) in [5.74, 6) is 0.980. The summed E-state index contributed by atoms with van der Waals surface area (Å²) in [4.78, 5) is 22.6. The molecule has 0 saturated carbocycles. The third-order valence-corrected chi connectivity index (χ3v) is 3.64. The van der Waals surface area contributed by atoms with Gasteiger partial charge in [-0.1, -0.05) is 18.2 Å². The molecule has 3 rings (SSSR count). The topological polar surface area (TPSA) is 99.9 Å². The van der Waals surface area contributed by atoms with Crippen molar-refractivity contribution in [2.45, 2.75) is 19.6 Å². The second kappa shape index (κ2) is 7.08. The van der Waals surface area contributed by atoms with Crippen LogP contribution in [0.1, 0.15) is 12.5 Å². The molecule has 0 radical (unpaired) electrons. The van der Waals surface area contributed by atoms with Crippen LogP contribution in [0.2, 0.25) is 0 Å². The number of carbonyl (C=O) groups is 1. The molecule has 0 spiro atoms. The van der Waals surface area contributed by atoms with E-state index in [9.17, 15) is 14.9 Å². The highest BCUT2D eigenvalue weighted by atomic mass is 16.7. The van der Waals surface area contributed by atoms with Gasteiger partial charge in [0.25, 0.3) is 5.91 Å². The molecule has 0 aliphatic carbocycles. The van der Waals surface area contributed by atoms with Crippen molar-refractivity contribution >= 4 is 11.6 Å². The Kier molecular flexibility index (Phi) is 4.69. The summed E-state index contributed by atoms with van der Waals surface area (Å²) < 4.78 is 15.9. The van der Waals surface area contributed by atoms with Gasteiger partial charge in [-0.3, -0.25) is 14.9 Å². The van der Waals surface area contributed by atoms with Crippen LogP contribution in [-0.2, 0) is 11.3 Å². The maximum absolute atomic E-state index is 12.2. The highest BCUT2D eigenvalue weighted by Gasteiger charge is 2.20. The first-order valence-electron chi connectivity index (χ1n) is 7.61. The monoisotopic (exact) mass is 344 g/mol. The molecule has 25 heavy (non-hydrogen) atoms. The number of amides is 1. The Balaban J connectivity index is 1.59. The zero-order chi connectivity index (χ0) is 17.8. The van der Waals surface area contributed by atoms with E-state index in [1.165, 1.54) is 25.1 Å². The predicted octanol–water partition coefficient (Wildman–Crippen LogP) is 2.41. The third kappa shape index (κ3) is 3.79. The molecule has 0 bridgehead atoms. The lowest BCUT2D eigenvalue weighted by atomic mass is 10.2. The summed E-state index contributed by atoms with van der Waals surface area (Å²) in [7, 11) is 0. The SMILES string of the molecule is C[C@@H](Oc1ccccc1[N+](=O)[O-])C(=O)NCc1ccc2c(c1)OCO2. The molecule has 1 aliphatic heterocycles. The minimum atomic E-state index is -0.880. The van der Waals surface area contributed by atoms with E-state index in [1.807, 2.05) is 6.07 Å². The third-order valence-electron chi connectivity index (χ3n) is 3.64. The van der Waals surface area contributed by atoms with Crippen LogP contribution in [0.4, 0.5) is 5.69 Å². The summed E-state index contributed by atoms with van der Waals surface area (Å²) in [5, 5.41) is 13.7. The lowest BCUT2D eigenvalue weighted by Gasteiger charge is -2.14. The molecule has 0 fully saturated rings. The first-order chi connectivity index (χ1) is 12.0. The number of nitro groups is 1. The van der Waals surface area contributed by atoms with Crippen molar-refractivity contribution in [2.75, 3.05) is 6.79 Å². The molecule has 130 valence electrons. The molecule has 1 heterocycles. The fourth-order valence-electron chi connectivity index (χ4n) is 2.34. The number of rotatable bonds is 6. The molecule has 0 aromatic heterocycles. The minimum Gasteiger partial charge on any atom is -0.474 e. The number of para-hydroxylation sites is 2. The Hall–Kier alpha value is -3.29. The van der Waals surface area contributed by atoms with E-state index in [-0.39, 0.29) is 30.7 Å². The number of hydrogen-bond donors (Lipinski definition) is 1. The van der Waals surface area contributed by atoms with Gasteiger partial charge in [-0.25, -0.2) is 0 Å². The first-order valence-corrected chi connectivity index (χ1v) is 7.61. The average Bonchev–Trinajstić information content (AvgIpc) is 3.07. The number of fused-ring (bicyclic) bond motifs is 1. The Morgan fingerprint density at radius 2 is 2.04 bits per heavy atom. The van der Waals surface area contributed by atoms with Crippen molar-refractivity contribution in [1.29, 1.82) is 0 Å². The van der Waals surface area contributed by atoms with Crippen molar-refractivity contribution < 1.29 is 23.9 Å². The molecule has 2 aromatic carbocycles. The van der Waals surface area contributed by atoms with Gasteiger partial charge >= 0.3 is 5.69 Å². The fraction of sp³-hybridized carbons (Fsp3) is 0.235. The number of nitrogens with one attached hydrogen (secondary N) is 1. The summed E-state index contributed by atoms with van der Waals surface area (Å²) in [6.07, 6.45) is -0.880. The molecule has 8 heteroatoms.